The van der Waals surface area contributed by atoms with Crippen molar-refractivity contribution in [1.82, 2.24) is 5.43 Å². The van der Waals surface area contributed by atoms with Crippen molar-refractivity contribution < 1.29 is 13.2 Å². The molecule has 0 aromatic carbocycles. The molecule has 1 fully saturated rings. The molecular weight excluding hydrogens is 217 g/mol. The fourth-order valence-corrected chi connectivity index (χ4v) is 2.90. The van der Waals surface area contributed by atoms with E-state index in [1.165, 1.54) is 0 Å². The quantitative estimate of drug-likeness (QED) is 0.570. The van der Waals surface area contributed by atoms with Gasteiger partial charge >= 0.3 is 6.18 Å². The lowest BCUT2D eigenvalue weighted by Crippen LogP contribution is -2.47. The number of hydrogen-bond acceptors (Lipinski definition) is 2. The monoisotopic (exact) mass is 238 g/mol. The second-order valence-corrected chi connectivity index (χ2v) is 4.80. The minimum atomic E-state index is -4.08. The smallest absolute Gasteiger partial charge is 0.271 e. The van der Waals surface area contributed by atoms with Crippen LogP contribution in [0.15, 0.2) is 0 Å². The van der Waals surface area contributed by atoms with Gasteiger partial charge in [0.05, 0.1) is 0 Å². The van der Waals surface area contributed by atoms with Crippen LogP contribution < -0.4 is 11.3 Å². The molecule has 0 aliphatic heterocycles. The van der Waals surface area contributed by atoms with Gasteiger partial charge in [-0.2, -0.15) is 13.2 Å². The number of rotatable bonds is 5. The first-order chi connectivity index (χ1) is 7.43. The zero-order valence-corrected chi connectivity index (χ0v) is 9.74. The van der Waals surface area contributed by atoms with Crippen molar-refractivity contribution in [2.45, 2.75) is 64.1 Å². The molecule has 1 rings (SSSR count). The molecule has 3 N–H and O–H groups in total. The Bertz CT molecular complexity index is 210. The number of hydrogen-bond donors (Lipinski definition) is 2. The molecule has 1 atom stereocenters. The molecule has 0 spiro atoms. The van der Waals surface area contributed by atoms with Gasteiger partial charge in [-0.25, -0.2) is 0 Å². The second kappa shape index (κ2) is 5.36. The van der Waals surface area contributed by atoms with E-state index in [-0.39, 0.29) is 17.9 Å². The summed E-state index contributed by atoms with van der Waals surface area (Å²) >= 11 is 0. The van der Waals surface area contributed by atoms with E-state index in [4.69, 9.17) is 5.84 Å². The Labute approximate surface area is 94.7 Å². The SMILES string of the molecule is CCC1(C(CCC(F)(F)F)NN)CCCC1. The molecule has 5 heteroatoms. The van der Waals surface area contributed by atoms with Gasteiger partial charge in [0.25, 0.3) is 0 Å². The van der Waals surface area contributed by atoms with Crippen LogP contribution in [0, 0.1) is 5.41 Å². The Morgan fingerprint density at radius 3 is 2.25 bits per heavy atom. The van der Waals surface area contributed by atoms with Crippen molar-refractivity contribution in [2.75, 3.05) is 0 Å². The Hall–Kier alpha value is -0.290. The summed E-state index contributed by atoms with van der Waals surface area (Å²) in [5, 5.41) is 0. The van der Waals surface area contributed by atoms with E-state index in [0.717, 1.165) is 32.1 Å². The normalized spacial score (nSPS) is 22.3. The fraction of sp³-hybridized carbons (Fsp3) is 1.00. The van der Waals surface area contributed by atoms with E-state index in [2.05, 4.69) is 5.43 Å². The van der Waals surface area contributed by atoms with E-state index in [0.29, 0.717) is 0 Å². The third-order valence-electron chi connectivity index (χ3n) is 3.96. The molecule has 2 nitrogen and oxygen atoms in total. The molecule has 0 radical (unpaired) electrons. The van der Waals surface area contributed by atoms with Gasteiger partial charge in [-0.3, -0.25) is 11.3 Å². The predicted octanol–water partition coefficient (Wildman–Crippen LogP) is 3.13. The average molecular weight is 238 g/mol. The molecule has 0 amide bonds. The van der Waals surface area contributed by atoms with Crippen LogP contribution in [0.2, 0.25) is 0 Å². The third-order valence-corrected chi connectivity index (χ3v) is 3.96. The highest BCUT2D eigenvalue weighted by molar-refractivity contribution is 4.93. The van der Waals surface area contributed by atoms with Crippen LogP contribution in [0.25, 0.3) is 0 Å². The van der Waals surface area contributed by atoms with Crippen LogP contribution in [0.5, 0.6) is 0 Å². The van der Waals surface area contributed by atoms with Gasteiger partial charge in [-0.15, -0.1) is 0 Å². The molecule has 0 saturated heterocycles. The van der Waals surface area contributed by atoms with Crippen molar-refractivity contribution in [1.29, 1.82) is 0 Å². The second-order valence-electron chi connectivity index (χ2n) is 4.80. The highest BCUT2D eigenvalue weighted by atomic mass is 19.4. The maximum Gasteiger partial charge on any atom is 0.389 e. The first kappa shape index (κ1) is 13.8. The van der Waals surface area contributed by atoms with Crippen molar-refractivity contribution in [3.8, 4) is 0 Å². The molecule has 96 valence electrons. The van der Waals surface area contributed by atoms with Crippen LogP contribution in [-0.2, 0) is 0 Å². The minimum Gasteiger partial charge on any atom is -0.271 e. The third kappa shape index (κ3) is 3.35. The largest absolute Gasteiger partial charge is 0.389 e. The lowest BCUT2D eigenvalue weighted by atomic mass is 9.75. The summed E-state index contributed by atoms with van der Waals surface area (Å²) < 4.78 is 36.6. The van der Waals surface area contributed by atoms with Gasteiger partial charge < -0.3 is 0 Å². The Balaban J connectivity index is 2.58. The molecule has 0 heterocycles. The van der Waals surface area contributed by atoms with Gasteiger partial charge in [-0.1, -0.05) is 19.8 Å². The van der Waals surface area contributed by atoms with Crippen molar-refractivity contribution in [3.63, 3.8) is 0 Å². The lowest BCUT2D eigenvalue weighted by Gasteiger charge is -2.36. The molecule has 0 aromatic heterocycles. The first-order valence-electron chi connectivity index (χ1n) is 5.96. The molecule has 0 bridgehead atoms. The summed E-state index contributed by atoms with van der Waals surface area (Å²) in [5.74, 6) is 5.43. The van der Waals surface area contributed by atoms with E-state index in [9.17, 15) is 13.2 Å². The number of halogens is 3. The van der Waals surface area contributed by atoms with Gasteiger partial charge in [0.15, 0.2) is 0 Å². The summed E-state index contributed by atoms with van der Waals surface area (Å²) in [5.41, 5.74) is 2.59. The standard InChI is InChI=1S/C11H21F3N2/c1-2-10(6-3-4-7-10)9(16-15)5-8-11(12,13)14/h9,16H,2-8,15H2,1H3. The number of nitrogens with one attached hydrogen (secondary N) is 1. The molecule has 16 heavy (non-hydrogen) atoms. The zero-order valence-electron chi connectivity index (χ0n) is 9.74. The molecule has 1 saturated carbocycles. The summed E-state index contributed by atoms with van der Waals surface area (Å²) in [7, 11) is 0. The van der Waals surface area contributed by atoms with Crippen LogP contribution in [0.1, 0.15) is 51.9 Å². The van der Waals surface area contributed by atoms with Crippen molar-refractivity contribution >= 4 is 0 Å². The van der Waals surface area contributed by atoms with E-state index >= 15 is 0 Å². The highest BCUT2D eigenvalue weighted by Crippen LogP contribution is 2.45. The van der Waals surface area contributed by atoms with Crippen molar-refractivity contribution in [2.24, 2.45) is 11.3 Å². The first-order valence-corrected chi connectivity index (χ1v) is 5.96. The van der Waals surface area contributed by atoms with Gasteiger partial charge in [0, 0.05) is 12.5 Å². The molecule has 1 aliphatic carbocycles. The maximum absolute atomic E-state index is 12.2. The Morgan fingerprint density at radius 2 is 1.88 bits per heavy atom. The van der Waals surface area contributed by atoms with Gasteiger partial charge in [0.2, 0.25) is 0 Å². The minimum absolute atomic E-state index is 0.0139. The van der Waals surface area contributed by atoms with Crippen molar-refractivity contribution in [3.05, 3.63) is 0 Å². The van der Waals surface area contributed by atoms with Crippen LogP contribution in [0.4, 0.5) is 13.2 Å². The average Bonchev–Trinajstić information content (AvgIpc) is 2.67. The summed E-state index contributed by atoms with van der Waals surface area (Å²) in [4.78, 5) is 0. The van der Waals surface area contributed by atoms with E-state index < -0.39 is 12.6 Å². The summed E-state index contributed by atoms with van der Waals surface area (Å²) in [6.07, 6.45) is 0.377. The molecule has 1 aliphatic rings. The van der Waals surface area contributed by atoms with Crippen LogP contribution >= 0.6 is 0 Å². The van der Waals surface area contributed by atoms with Gasteiger partial charge in [-0.05, 0) is 31.1 Å². The number of nitrogens with two attached hydrogens (primary N) is 1. The zero-order chi connectivity index (χ0) is 12.2. The number of alkyl halides is 3. The summed E-state index contributed by atoms with van der Waals surface area (Å²) in [6, 6.07) is -0.207. The Morgan fingerprint density at radius 1 is 1.31 bits per heavy atom. The lowest BCUT2D eigenvalue weighted by molar-refractivity contribution is -0.138. The van der Waals surface area contributed by atoms with Crippen LogP contribution in [-0.4, -0.2) is 12.2 Å². The highest BCUT2D eigenvalue weighted by Gasteiger charge is 2.40. The van der Waals surface area contributed by atoms with Crippen LogP contribution in [0.3, 0.4) is 0 Å². The topological polar surface area (TPSA) is 38.0 Å². The maximum atomic E-state index is 12.2. The number of hydrazine groups is 1. The fourth-order valence-electron chi connectivity index (χ4n) is 2.90. The van der Waals surface area contributed by atoms with E-state index in [1.54, 1.807) is 0 Å². The summed E-state index contributed by atoms with van der Waals surface area (Å²) in [6.45, 7) is 2.04. The molecular formula is C11H21F3N2. The predicted molar refractivity (Wildman–Crippen MR) is 57.6 cm³/mol. The van der Waals surface area contributed by atoms with E-state index in [1.807, 2.05) is 6.92 Å². The van der Waals surface area contributed by atoms with Gasteiger partial charge in [0.1, 0.15) is 0 Å². The molecule has 1 unspecified atom stereocenters. The molecule has 0 aromatic rings. The Kier molecular flexibility index (Phi) is 4.62.